The van der Waals surface area contributed by atoms with Gasteiger partial charge in [-0.3, -0.25) is 29.2 Å². The molecular weight excluding hydrogens is 1560 g/mol. The third-order valence-corrected chi connectivity index (χ3v) is 11.3. The first-order chi connectivity index (χ1) is 48.9. The lowest BCUT2D eigenvalue weighted by molar-refractivity contribution is -0.193. The Bertz CT molecular complexity index is 3250. The molecule has 3 aromatic rings. The van der Waals surface area contributed by atoms with Gasteiger partial charge in [-0.1, -0.05) is 0 Å². The molecule has 108 heavy (non-hydrogen) atoms. The van der Waals surface area contributed by atoms with E-state index >= 15 is 0 Å². The summed E-state index contributed by atoms with van der Waals surface area (Å²) in [5, 5.41) is 58.4. The molecule has 5 rings (SSSR count). The van der Waals surface area contributed by atoms with Gasteiger partial charge in [-0.05, 0) is 75.9 Å². The second-order valence-corrected chi connectivity index (χ2v) is 19.9. The fraction of sp³-hybridized carbons (Fsp3) is 0.462. The number of nitrogens with one attached hydrogen (secondary N) is 6. The summed E-state index contributed by atoms with van der Waals surface area (Å²) < 4.78 is 288. The molecule has 4 amide bonds. The van der Waals surface area contributed by atoms with Gasteiger partial charge in [0.15, 0.2) is 23.4 Å². The van der Waals surface area contributed by atoms with E-state index in [4.69, 9.17) is 91.8 Å². The fourth-order valence-electron chi connectivity index (χ4n) is 6.62. The molecule has 20 N–H and O–H groups in total. The number of carbonyl (C=O) groups excluding carboxylic acids is 4. The Morgan fingerprint density at radius 3 is 0.852 bits per heavy atom. The number of aliphatic imine (C=N–C) groups is 2. The van der Waals surface area contributed by atoms with Gasteiger partial charge in [0, 0.05) is 45.1 Å². The first-order valence-corrected chi connectivity index (χ1v) is 28.1. The third kappa shape index (κ3) is 41.9. The molecule has 2 fully saturated rings. The van der Waals surface area contributed by atoms with Gasteiger partial charge in [-0.2, -0.15) is 105 Å². The molecule has 32 nitrogen and oxygen atoms in total. The lowest BCUT2D eigenvalue weighted by Crippen LogP contribution is -2.24. The summed E-state index contributed by atoms with van der Waals surface area (Å²) in [6, 6.07) is 3.40. The van der Waals surface area contributed by atoms with Crippen LogP contribution in [-0.2, 0) is 50.7 Å². The van der Waals surface area contributed by atoms with Crippen LogP contribution in [-0.4, -0.2) is 201 Å². The van der Waals surface area contributed by atoms with Gasteiger partial charge in [0.1, 0.15) is 29.9 Å². The Morgan fingerprint density at radius 1 is 0.407 bits per heavy atom. The van der Waals surface area contributed by atoms with Gasteiger partial charge in [0.2, 0.25) is 11.8 Å². The van der Waals surface area contributed by atoms with E-state index in [0.717, 1.165) is 12.4 Å². The highest BCUT2D eigenvalue weighted by molar-refractivity contribution is 6.09. The lowest BCUT2D eigenvalue weighted by atomic mass is 10.1. The molecule has 56 heteroatoms. The van der Waals surface area contributed by atoms with Gasteiger partial charge in [-0.25, -0.2) is 38.7 Å². The summed E-state index contributed by atoms with van der Waals surface area (Å²) in [6.45, 7) is 2.05. The largest absolute Gasteiger partial charge is 0.490 e. The van der Waals surface area contributed by atoms with Crippen molar-refractivity contribution in [2.24, 2.45) is 32.9 Å². The van der Waals surface area contributed by atoms with Crippen LogP contribution in [0, 0.1) is 0 Å². The molecule has 0 spiro atoms. The number of carboxylic acid groups (broad SMARTS) is 6. The van der Waals surface area contributed by atoms with Crippen LogP contribution in [0.25, 0.3) is 0 Å². The molecular formula is C52H56F24N14O18. The first kappa shape index (κ1) is 98.7. The molecule has 2 atom stereocenters. The predicted octanol–water partition coefficient (Wildman–Crippen LogP) is 7.06. The van der Waals surface area contributed by atoms with Crippen molar-refractivity contribution in [3.05, 3.63) is 59.2 Å². The number of hydrogen-bond acceptors (Lipinski definition) is 18. The molecule has 2 aliphatic rings. The van der Waals surface area contributed by atoms with Crippen molar-refractivity contribution in [2.75, 3.05) is 60.5 Å². The Balaban J connectivity index is 0. The molecule has 0 unspecified atom stereocenters. The number of aliphatic carboxylic acids is 6. The molecule has 0 radical (unpaired) electrons. The van der Waals surface area contributed by atoms with Crippen LogP contribution < -0.4 is 64.3 Å². The zero-order chi connectivity index (χ0) is 84.5. The number of nitrogens with two attached hydrogens (primary N) is 4. The number of nitrogens with zero attached hydrogens (tertiary/aromatic N) is 4. The zero-order valence-electron chi connectivity index (χ0n) is 53.3. The number of ether oxygens (including phenoxy) is 2. The number of guanidine groups is 2. The summed E-state index contributed by atoms with van der Waals surface area (Å²) in [6.07, 6.45) is -38.9. The number of rotatable bonds is 20. The number of carboxylic acids is 6. The number of alkyl halides is 24. The second-order valence-electron chi connectivity index (χ2n) is 19.9. The molecule has 1 aromatic heterocycles. The maximum absolute atomic E-state index is 14.3. The highest BCUT2D eigenvalue weighted by Gasteiger charge is 2.43. The normalized spacial score (nSPS) is 14.1. The van der Waals surface area contributed by atoms with E-state index in [-0.39, 0.29) is 62.2 Å². The van der Waals surface area contributed by atoms with Crippen LogP contribution in [0.1, 0.15) is 83.5 Å². The Kier molecular flexibility index (Phi) is 39.5. The maximum atomic E-state index is 14.3. The van der Waals surface area contributed by atoms with Crippen LogP contribution in [0.3, 0.4) is 0 Å². The van der Waals surface area contributed by atoms with E-state index in [9.17, 15) is 125 Å². The summed E-state index contributed by atoms with van der Waals surface area (Å²) in [5.74, 6) is -21.1. The molecule has 610 valence electrons. The number of halogens is 24. The van der Waals surface area contributed by atoms with Gasteiger partial charge in [0.25, 0.3) is 11.8 Å². The molecule has 0 aliphatic carbocycles. The topological polar surface area (TPSA) is 537 Å². The Hall–Kier alpha value is -11.4. The van der Waals surface area contributed by atoms with Crippen molar-refractivity contribution in [1.29, 1.82) is 0 Å². The van der Waals surface area contributed by atoms with Crippen LogP contribution in [0.2, 0.25) is 0 Å². The third-order valence-electron chi connectivity index (χ3n) is 11.3. The number of unbranched alkanes of at least 4 members (excludes halogenated alkanes) is 2. The van der Waals surface area contributed by atoms with Crippen molar-refractivity contribution in [2.45, 2.75) is 113 Å². The van der Waals surface area contributed by atoms with E-state index in [1.54, 1.807) is 0 Å². The quantitative estimate of drug-likeness (QED) is 0.0233. The predicted molar refractivity (Wildman–Crippen MR) is 313 cm³/mol. The molecule has 2 aliphatic heterocycles. The van der Waals surface area contributed by atoms with E-state index in [1.807, 2.05) is 0 Å². The standard InChI is InChI=1S/C40H50F6N14O6.6C2HF3O2/c41-39(42,43)21-13-25(57-31(61)5-1-3-9-53-37(47)48)33(65-23-7-11-51-18-23)27(15-21)59-35(63)29-17-30(56-20-55-29)36(64)60-28-16-22(40(44,45)46)14-26(34(28)66-24-8-12-52-19-24)58-32(62)6-2-4-10-54-38(49)50;6*3-2(4,5)1(6)7/h13-17,20,23-24,51-52H,1-12,18-19H2,(H,57,61)(H,58,62)(H,59,63)(H,60,64)(H4,47,48,53)(H4,49,50,54);6*(H,6,7)/t23-,24-;;;;;;/m1....../s1. The lowest BCUT2D eigenvalue weighted by Gasteiger charge is -2.22. The molecule has 2 saturated heterocycles. The molecule has 0 saturated carbocycles. The summed E-state index contributed by atoms with van der Waals surface area (Å²) in [4.78, 5) is 122. The fourth-order valence-corrected chi connectivity index (χ4v) is 6.62. The van der Waals surface area contributed by atoms with Crippen LogP contribution in [0.15, 0.2) is 46.6 Å². The van der Waals surface area contributed by atoms with Crippen LogP contribution >= 0.6 is 0 Å². The molecule has 2 aromatic carbocycles. The Labute approximate surface area is 584 Å². The highest BCUT2D eigenvalue weighted by Crippen LogP contribution is 2.44. The van der Waals surface area contributed by atoms with Crippen molar-refractivity contribution >= 4 is 94.1 Å². The van der Waals surface area contributed by atoms with Gasteiger partial charge < -0.3 is 94.9 Å². The van der Waals surface area contributed by atoms with Crippen molar-refractivity contribution in [1.82, 2.24) is 20.6 Å². The number of anilines is 4. The van der Waals surface area contributed by atoms with E-state index < -0.39 is 166 Å². The molecule has 3 heterocycles. The van der Waals surface area contributed by atoms with Gasteiger partial charge in [-0.15, -0.1) is 0 Å². The first-order valence-electron chi connectivity index (χ1n) is 28.1. The zero-order valence-corrected chi connectivity index (χ0v) is 53.3. The highest BCUT2D eigenvalue weighted by atomic mass is 19.4. The Morgan fingerprint density at radius 2 is 0.648 bits per heavy atom. The van der Waals surface area contributed by atoms with E-state index in [1.165, 1.54) is 0 Å². The number of hydrogen-bond donors (Lipinski definition) is 16. The van der Waals surface area contributed by atoms with E-state index in [2.05, 4.69) is 51.9 Å². The van der Waals surface area contributed by atoms with E-state index in [0.29, 0.717) is 76.1 Å². The minimum Gasteiger partial charge on any atom is -0.485 e. The van der Waals surface area contributed by atoms with Gasteiger partial charge >= 0.3 is 85.2 Å². The SMILES string of the molecule is NC(N)=NCCCCC(=O)Nc1cc(C(F)(F)F)cc(NC(=O)c2cc(C(=O)Nc3cc(C(F)(F)F)cc(NC(=O)CCCCN=C(N)N)c3O[C@@H]3CCNC3)ncn2)c1O[C@@H]1CCNC1.O=C(O)C(F)(F)F.O=C(O)C(F)(F)F.O=C(O)C(F)(F)F.O=C(O)C(F)(F)F.O=C(O)C(F)(F)F.O=C(O)C(F)(F)F. The van der Waals surface area contributed by atoms with Crippen molar-refractivity contribution in [3.8, 4) is 11.5 Å². The smallest absolute Gasteiger partial charge is 0.485 e. The second kappa shape index (κ2) is 43.3. The summed E-state index contributed by atoms with van der Waals surface area (Å²) in [5.41, 5.74) is 15.8. The summed E-state index contributed by atoms with van der Waals surface area (Å²) in [7, 11) is 0. The van der Waals surface area contributed by atoms with Crippen molar-refractivity contribution < 1.29 is 193 Å². The van der Waals surface area contributed by atoms with Gasteiger partial charge in [0.05, 0.1) is 33.9 Å². The number of benzene rings is 2. The number of aromatic nitrogens is 2. The molecule has 0 bridgehead atoms. The minimum atomic E-state index is -5.08. The maximum Gasteiger partial charge on any atom is 0.490 e. The number of amides is 4. The minimum absolute atomic E-state index is 0.126. The number of carbonyl (C=O) groups is 10. The summed E-state index contributed by atoms with van der Waals surface area (Å²) >= 11 is 0. The monoisotopic (exact) mass is 1620 g/mol. The van der Waals surface area contributed by atoms with Crippen LogP contribution in [0.4, 0.5) is 128 Å². The van der Waals surface area contributed by atoms with Crippen LogP contribution in [0.5, 0.6) is 11.5 Å². The average Bonchev–Trinajstić information content (AvgIpc) is 0.977. The average molecular weight is 1620 g/mol. The van der Waals surface area contributed by atoms with Crippen molar-refractivity contribution in [3.63, 3.8) is 0 Å².